The van der Waals surface area contributed by atoms with Crippen LogP contribution in [-0.2, 0) is 11.2 Å². The molecule has 0 aliphatic carbocycles. The number of hydrogen-bond donors (Lipinski definition) is 2. The Morgan fingerprint density at radius 1 is 1.47 bits per heavy atom. The zero-order chi connectivity index (χ0) is 14.0. The summed E-state index contributed by atoms with van der Waals surface area (Å²) in [6.45, 7) is 4.07. The number of carbonyl (C=O) groups excluding carboxylic acids is 1. The van der Waals surface area contributed by atoms with Gasteiger partial charge in [-0.1, -0.05) is 35.8 Å². The number of aldehydes is 1. The van der Waals surface area contributed by atoms with E-state index in [1.165, 1.54) is 6.07 Å². The molecule has 1 aromatic carbocycles. The lowest BCUT2D eigenvalue weighted by atomic mass is 9.95. The van der Waals surface area contributed by atoms with Crippen molar-refractivity contribution in [3.05, 3.63) is 45.3 Å². The highest BCUT2D eigenvalue weighted by molar-refractivity contribution is 9.10. The summed E-state index contributed by atoms with van der Waals surface area (Å²) in [6, 6.07) is 4.60. The molecule has 0 saturated carbocycles. The number of hydrazine groups is 1. The van der Waals surface area contributed by atoms with Crippen molar-refractivity contribution in [2.45, 2.75) is 26.3 Å². The minimum absolute atomic E-state index is 0.256. The molecule has 0 saturated heterocycles. The molecule has 1 atom stereocenters. The van der Waals surface area contributed by atoms with E-state index in [-0.39, 0.29) is 17.8 Å². The van der Waals surface area contributed by atoms with Crippen LogP contribution in [0.2, 0.25) is 0 Å². The first-order valence-corrected chi connectivity index (χ1v) is 6.96. The number of nitrogens with one attached hydrogen (secondary N) is 2. The summed E-state index contributed by atoms with van der Waals surface area (Å²) < 4.78 is 14.6. The van der Waals surface area contributed by atoms with Gasteiger partial charge < -0.3 is 10.2 Å². The third kappa shape index (κ3) is 3.04. The van der Waals surface area contributed by atoms with Gasteiger partial charge in [0, 0.05) is 16.6 Å². The van der Waals surface area contributed by atoms with Crippen molar-refractivity contribution in [2.24, 2.45) is 5.92 Å². The van der Waals surface area contributed by atoms with Crippen LogP contribution in [0.4, 0.5) is 4.39 Å². The summed E-state index contributed by atoms with van der Waals surface area (Å²) in [6.07, 6.45) is 1.27. The molecular formula is C14H16BrFN2O. The van der Waals surface area contributed by atoms with E-state index >= 15 is 0 Å². The Bertz CT molecular complexity index is 528. The number of rotatable bonds is 4. The number of halogens is 2. The average molecular weight is 327 g/mol. The van der Waals surface area contributed by atoms with Gasteiger partial charge in [-0.05, 0) is 29.2 Å². The van der Waals surface area contributed by atoms with Crippen LogP contribution in [0.25, 0.3) is 0 Å². The van der Waals surface area contributed by atoms with Crippen LogP contribution in [0.3, 0.4) is 0 Å². The van der Waals surface area contributed by atoms with Crippen LogP contribution in [0, 0.1) is 11.7 Å². The minimum Gasteiger partial charge on any atom is -0.324 e. The highest BCUT2D eigenvalue weighted by Gasteiger charge is 2.26. The van der Waals surface area contributed by atoms with Crippen molar-refractivity contribution in [3.8, 4) is 0 Å². The van der Waals surface area contributed by atoms with E-state index in [1.54, 1.807) is 12.1 Å². The Hall–Kier alpha value is -1.20. The van der Waals surface area contributed by atoms with E-state index in [0.29, 0.717) is 16.5 Å². The summed E-state index contributed by atoms with van der Waals surface area (Å²) in [5.41, 5.74) is 8.41. The first-order chi connectivity index (χ1) is 9.02. The van der Waals surface area contributed by atoms with Crippen molar-refractivity contribution >= 4 is 22.2 Å². The Labute approximate surface area is 120 Å². The van der Waals surface area contributed by atoms with Gasteiger partial charge in [0.2, 0.25) is 0 Å². The summed E-state index contributed by atoms with van der Waals surface area (Å²) in [7, 11) is 0. The molecule has 2 rings (SSSR count). The SMILES string of the molecule is CC(C)C1=C(Cc2ccc(Br)cc2F)C(C=O)NN1. The van der Waals surface area contributed by atoms with Crippen LogP contribution < -0.4 is 10.9 Å². The van der Waals surface area contributed by atoms with Crippen LogP contribution in [0.5, 0.6) is 0 Å². The number of hydrogen-bond acceptors (Lipinski definition) is 3. The summed E-state index contributed by atoms with van der Waals surface area (Å²) >= 11 is 3.24. The van der Waals surface area contributed by atoms with Gasteiger partial charge in [-0.3, -0.25) is 0 Å². The van der Waals surface area contributed by atoms with Gasteiger partial charge in [0.25, 0.3) is 0 Å². The molecule has 1 unspecified atom stereocenters. The highest BCUT2D eigenvalue weighted by Crippen LogP contribution is 2.25. The second-order valence-electron chi connectivity index (χ2n) is 4.89. The number of carbonyl (C=O) groups is 1. The quantitative estimate of drug-likeness (QED) is 0.836. The van der Waals surface area contributed by atoms with Crippen LogP contribution in [0.1, 0.15) is 19.4 Å². The monoisotopic (exact) mass is 326 g/mol. The van der Waals surface area contributed by atoms with E-state index in [2.05, 4.69) is 26.8 Å². The lowest BCUT2D eigenvalue weighted by molar-refractivity contribution is -0.108. The molecular weight excluding hydrogens is 311 g/mol. The largest absolute Gasteiger partial charge is 0.324 e. The van der Waals surface area contributed by atoms with Gasteiger partial charge in [0.1, 0.15) is 18.1 Å². The van der Waals surface area contributed by atoms with Gasteiger partial charge in [-0.2, -0.15) is 0 Å². The maximum Gasteiger partial charge on any atom is 0.142 e. The van der Waals surface area contributed by atoms with Crippen LogP contribution in [-0.4, -0.2) is 12.3 Å². The van der Waals surface area contributed by atoms with E-state index in [0.717, 1.165) is 17.6 Å². The number of benzene rings is 1. The second-order valence-corrected chi connectivity index (χ2v) is 5.80. The molecule has 5 heteroatoms. The van der Waals surface area contributed by atoms with Gasteiger partial charge in [-0.15, -0.1) is 0 Å². The molecule has 0 bridgehead atoms. The smallest absolute Gasteiger partial charge is 0.142 e. The second kappa shape index (κ2) is 5.84. The molecule has 1 aliphatic rings. The molecule has 1 aliphatic heterocycles. The highest BCUT2D eigenvalue weighted by atomic mass is 79.9. The normalized spacial score (nSPS) is 18.9. The molecule has 2 N–H and O–H groups in total. The molecule has 1 heterocycles. The van der Waals surface area contributed by atoms with Crippen molar-refractivity contribution in [2.75, 3.05) is 0 Å². The fourth-order valence-corrected chi connectivity index (χ4v) is 2.53. The molecule has 0 fully saturated rings. The van der Waals surface area contributed by atoms with Crippen molar-refractivity contribution in [1.82, 2.24) is 10.9 Å². The lowest BCUT2D eigenvalue weighted by Gasteiger charge is -2.12. The Kier molecular flexibility index (Phi) is 4.37. The zero-order valence-corrected chi connectivity index (χ0v) is 12.4. The lowest BCUT2D eigenvalue weighted by Crippen LogP contribution is -2.34. The third-order valence-corrected chi connectivity index (χ3v) is 3.69. The predicted octanol–water partition coefficient (Wildman–Crippen LogP) is 2.72. The van der Waals surface area contributed by atoms with E-state index < -0.39 is 0 Å². The summed E-state index contributed by atoms with van der Waals surface area (Å²) in [4.78, 5) is 11.1. The van der Waals surface area contributed by atoms with E-state index in [1.807, 2.05) is 13.8 Å². The molecule has 0 amide bonds. The molecule has 0 aromatic heterocycles. The van der Waals surface area contributed by atoms with Gasteiger partial charge in [0.15, 0.2) is 0 Å². The Morgan fingerprint density at radius 2 is 2.21 bits per heavy atom. The fraction of sp³-hybridized carbons (Fsp3) is 0.357. The molecule has 0 spiro atoms. The fourth-order valence-electron chi connectivity index (χ4n) is 2.20. The topological polar surface area (TPSA) is 41.1 Å². The maximum atomic E-state index is 13.9. The van der Waals surface area contributed by atoms with Crippen molar-refractivity contribution in [1.29, 1.82) is 0 Å². The Balaban J connectivity index is 2.33. The van der Waals surface area contributed by atoms with Gasteiger partial charge in [0.05, 0.1) is 0 Å². The van der Waals surface area contributed by atoms with Gasteiger partial charge >= 0.3 is 0 Å². The Morgan fingerprint density at radius 3 is 2.79 bits per heavy atom. The average Bonchev–Trinajstić information content (AvgIpc) is 2.75. The minimum atomic E-state index is -0.388. The zero-order valence-electron chi connectivity index (χ0n) is 10.8. The predicted molar refractivity (Wildman–Crippen MR) is 75.8 cm³/mol. The molecule has 3 nitrogen and oxygen atoms in total. The standard InChI is InChI=1S/C14H16BrFN2O/c1-8(2)14-11(13(7-19)17-18-14)5-9-3-4-10(15)6-12(9)16/h3-4,6-8,13,17-18H,5H2,1-2H3. The third-order valence-electron chi connectivity index (χ3n) is 3.19. The first kappa shape index (κ1) is 14.2. The van der Waals surface area contributed by atoms with Crippen molar-refractivity contribution in [3.63, 3.8) is 0 Å². The summed E-state index contributed by atoms with van der Waals surface area (Å²) in [5, 5.41) is 0. The molecule has 102 valence electrons. The molecule has 19 heavy (non-hydrogen) atoms. The van der Waals surface area contributed by atoms with Crippen molar-refractivity contribution < 1.29 is 9.18 Å². The van der Waals surface area contributed by atoms with Crippen LogP contribution >= 0.6 is 15.9 Å². The van der Waals surface area contributed by atoms with E-state index in [9.17, 15) is 9.18 Å². The number of allylic oxidation sites excluding steroid dienone is 1. The molecule has 1 aromatic rings. The first-order valence-electron chi connectivity index (χ1n) is 6.16. The van der Waals surface area contributed by atoms with Gasteiger partial charge in [-0.25, -0.2) is 9.82 Å². The van der Waals surface area contributed by atoms with Crippen LogP contribution in [0.15, 0.2) is 33.9 Å². The molecule has 0 radical (unpaired) electrons. The van der Waals surface area contributed by atoms with E-state index in [4.69, 9.17) is 0 Å². The maximum absolute atomic E-state index is 13.9. The summed E-state index contributed by atoms with van der Waals surface area (Å²) in [5.74, 6) is -0.00695.